The van der Waals surface area contributed by atoms with Crippen LogP contribution in [0, 0.1) is 0 Å². The van der Waals surface area contributed by atoms with Crippen LogP contribution in [0.1, 0.15) is 32.6 Å². The van der Waals surface area contributed by atoms with Crippen molar-refractivity contribution >= 4 is 54.0 Å². The van der Waals surface area contributed by atoms with Gasteiger partial charge in [0.2, 0.25) is 17.7 Å². The molecule has 0 saturated heterocycles. The van der Waals surface area contributed by atoms with Crippen LogP contribution in [0.3, 0.4) is 0 Å². The molecule has 0 aliphatic heterocycles. The van der Waals surface area contributed by atoms with Crippen LogP contribution in [0.25, 0.3) is 0 Å². The van der Waals surface area contributed by atoms with Gasteiger partial charge in [-0.3, -0.25) is 34.1 Å². The number of aliphatic hydroxyl groups is 3. The molecule has 0 bridgehead atoms. The summed E-state index contributed by atoms with van der Waals surface area (Å²) in [4.78, 5) is 106. The molecule has 0 aliphatic rings. The topological polar surface area (TPSA) is 373 Å². The lowest BCUT2D eigenvalue weighted by Gasteiger charge is -2.33. The van der Waals surface area contributed by atoms with Gasteiger partial charge >= 0.3 is 24.1 Å². The van der Waals surface area contributed by atoms with Gasteiger partial charge in [0.05, 0.1) is 6.61 Å². The third-order valence-electron chi connectivity index (χ3n) is 5.47. The molecule has 0 spiro atoms. The van der Waals surface area contributed by atoms with E-state index in [-0.39, 0.29) is 6.29 Å². The van der Waals surface area contributed by atoms with Gasteiger partial charge in [-0.25, -0.2) is 9.59 Å². The third kappa shape index (κ3) is 13.8. The smallest absolute Gasteiger partial charge is 0.418 e. The molecule has 44 heavy (non-hydrogen) atoms. The second-order valence-electron chi connectivity index (χ2n) is 8.92. The van der Waals surface area contributed by atoms with E-state index in [0.717, 1.165) is 6.92 Å². The maximum Gasteiger partial charge on any atom is 0.418 e. The van der Waals surface area contributed by atoms with Crippen molar-refractivity contribution in [3.8, 4) is 0 Å². The van der Waals surface area contributed by atoms with E-state index >= 15 is 0 Å². The molecule has 0 aromatic carbocycles. The van der Waals surface area contributed by atoms with E-state index in [1.165, 1.54) is 0 Å². The second-order valence-corrected chi connectivity index (χ2v) is 8.92. The van der Waals surface area contributed by atoms with Crippen LogP contribution in [0.2, 0.25) is 0 Å². The Morgan fingerprint density at radius 3 is 1.95 bits per heavy atom. The number of hydrogen-bond acceptors (Lipinski definition) is 14. The lowest BCUT2D eigenvalue weighted by Crippen LogP contribution is -2.68. The van der Waals surface area contributed by atoms with Crippen molar-refractivity contribution in [2.24, 2.45) is 11.5 Å². The summed E-state index contributed by atoms with van der Waals surface area (Å²) in [5, 5.41) is 54.3. The first-order chi connectivity index (χ1) is 20.4. The van der Waals surface area contributed by atoms with Crippen molar-refractivity contribution in [1.82, 2.24) is 21.3 Å². The number of carboxylic acids is 2. The van der Waals surface area contributed by atoms with Gasteiger partial charge in [-0.1, -0.05) is 0 Å². The van der Waals surface area contributed by atoms with Gasteiger partial charge in [-0.05, 0) is 6.42 Å². The van der Waals surface area contributed by atoms with E-state index in [1.807, 2.05) is 5.32 Å². The summed E-state index contributed by atoms with van der Waals surface area (Å²) >= 11 is 0. The molecule has 0 aliphatic carbocycles. The van der Waals surface area contributed by atoms with Crippen molar-refractivity contribution < 1.29 is 78.2 Å². The highest BCUT2D eigenvalue weighted by Crippen LogP contribution is 2.13. The number of carbonyl (C=O) groups excluding carboxylic acids is 7. The standard InChI is InChI=1S/C22H34N6O16/c1-9(31)25-11(6-29)17(16(38)12(32)7-30)43-8-13(33)27-22(19(24)40,5-4-15(36)37)28-21(42)44-20(41)26-10(18(23)39)2-3-14(34)35/h6,10-12,16-17,30,32,38H,2-5,7-8H2,1H3,(H2,23,39)(H2,24,40)(H,25,31)(H,26,41)(H,27,33)(H,28,42)(H,34,35)(H,36,37)/t10?,11-,12+,16+,17+,22?/m0/s1. The van der Waals surface area contributed by atoms with Crippen LogP contribution >= 0.6 is 0 Å². The number of alkyl carbamates (subject to hydrolysis) is 2. The Balaban J connectivity index is 5.92. The number of primary amides is 2. The van der Waals surface area contributed by atoms with E-state index < -0.39 is 123 Å². The van der Waals surface area contributed by atoms with Gasteiger partial charge in [0, 0.05) is 26.2 Å². The fourth-order valence-electron chi connectivity index (χ4n) is 3.32. The monoisotopic (exact) mass is 638 g/mol. The molecule has 22 heteroatoms. The van der Waals surface area contributed by atoms with Crippen molar-refractivity contribution in [3.63, 3.8) is 0 Å². The molecule has 0 fully saturated rings. The molecule has 0 aromatic heterocycles. The van der Waals surface area contributed by atoms with Crippen molar-refractivity contribution in [1.29, 1.82) is 0 Å². The summed E-state index contributed by atoms with van der Waals surface area (Å²) < 4.78 is 9.45. The van der Waals surface area contributed by atoms with Gasteiger partial charge in [0.25, 0.3) is 5.91 Å². The minimum atomic E-state index is -2.80. The summed E-state index contributed by atoms with van der Waals surface area (Å²) in [7, 11) is 0. The van der Waals surface area contributed by atoms with Gasteiger partial charge in [-0.15, -0.1) is 0 Å². The Morgan fingerprint density at radius 1 is 0.909 bits per heavy atom. The Labute approximate surface area is 247 Å². The summed E-state index contributed by atoms with van der Waals surface area (Å²) in [6.07, 6.45) is -12.3. The van der Waals surface area contributed by atoms with E-state index in [1.54, 1.807) is 10.6 Å². The van der Waals surface area contributed by atoms with Crippen molar-refractivity contribution in [2.75, 3.05) is 13.2 Å². The molecule has 0 heterocycles. The van der Waals surface area contributed by atoms with Crippen molar-refractivity contribution in [3.05, 3.63) is 0 Å². The number of aldehydes is 1. The number of nitrogens with one attached hydrogen (secondary N) is 4. The van der Waals surface area contributed by atoms with E-state index in [0.29, 0.717) is 0 Å². The lowest BCUT2D eigenvalue weighted by atomic mass is 10.0. The first kappa shape index (κ1) is 39.1. The quantitative estimate of drug-likeness (QED) is 0.0336. The average molecular weight is 639 g/mol. The average Bonchev–Trinajstić information content (AvgIpc) is 2.91. The summed E-state index contributed by atoms with van der Waals surface area (Å²) in [5.41, 5.74) is 7.54. The summed E-state index contributed by atoms with van der Waals surface area (Å²) in [5.74, 6) is -7.89. The molecular weight excluding hydrogens is 604 g/mol. The van der Waals surface area contributed by atoms with E-state index in [9.17, 15) is 53.4 Å². The fraction of sp³-hybridized carbons (Fsp3) is 0.591. The Morgan fingerprint density at radius 2 is 1.50 bits per heavy atom. The fourth-order valence-corrected chi connectivity index (χ4v) is 3.32. The first-order valence-corrected chi connectivity index (χ1v) is 12.3. The maximum absolute atomic E-state index is 12.7. The first-order valence-electron chi connectivity index (χ1n) is 12.3. The molecule has 0 saturated carbocycles. The molecule has 2 unspecified atom stereocenters. The number of amides is 6. The number of ether oxygens (including phenoxy) is 2. The van der Waals surface area contributed by atoms with Crippen LogP contribution in [0.4, 0.5) is 9.59 Å². The molecular formula is C22H34N6O16. The van der Waals surface area contributed by atoms with Crippen LogP contribution in [-0.4, -0.2) is 129 Å². The normalized spacial score (nSPS) is 15.5. The second kappa shape index (κ2) is 18.6. The number of rotatable bonds is 20. The lowest BCUT2D eigenvalue weighted by molar-refractivity contribution is -0.148. The molecule has 0 rings (SSSR count). The van der Waals surface area contributed by atoms with Crippen LogP contribution in [0.15, 0.2) is 0 Å². The summed E-state index contributed by atoms with van der Waals surface area (Å²) in [6, 6.07) is -3.30. The zero-order chi connectivity index (χ0) is 34.2. The molecule has 0 aromatic rings. The third-order valence-corrected chi connectivity index (χ3v) is 5.47. The zero-order valence-corrected chi connectivity index (χ0v) is 23.1. The zero-order valence-electron chi connectivity index (χ0n) is 23.1. The summed E-state index contributed by atoms with van der Waals surface area (Å²) in [6.45, 7) is -1.28. The molecule has 248 valence electrons. The Hall–Kier alpha value is -4.93. The van der Waals surface area contributed by atoms with E-state index in [4.69, 9.17) is 31.5 Å². The molecule has 0 radical (unpaired) electrons. The van der Waals surface area contributed by atoms with E-state index in [2.05, 4.69) is 10.1 Å². The van der Waals surface area contributed by atoms with Gasteiger partial charge < -0.3 is 67.2 Å². The van der Waals surface area contributed by atoms with Crippen molar-refractivity contribution in [2.45, 2.75) is 68.7 Å². The number of carboxylic acid groups (broad SMARTS) is 2. The highest BCUT2D eigenvalue weighted by molar-refractivity contribution is 5.95. The Kier molecular flexibility index (Phi) is 16.5. The van der Waals surface area contributed by atoms with Crippen LogP contribution in [0.5, 0.6) is 0 Å². The highest BCUT2D eigenvalue weighted by Gasteiger charge is 2.42. The maximum atomic E-state index is 12.7. The minimum Gasteiger partial charge on any atom is -0.481 e. The van der Waals surface area contributed by atoms with Crippen LogP contribution < -0.4 is 32.7 Å². The SMILES string of the molecule is CC(=O)N[C@@H](C=O)[C@@H](OCC(=O)NC(CCC(=O)O)(NC(=O)OC(=O)NC(CCC(=O)O)C(N)=O)C(N)=O)[C@H](O)[C@H](O)CO. The molecule has 6 atom stereocenters. The number of aliphatic hydroxyl groups excluding tert-OH is 3. The number of hydrogen-bond donors (Lipinski definition) is 11. The Bertz CT molecular complexity index is 1100. The molecule has 6 amide bonds. The van der Waals surface area contributed by atoms with Crippen LogP contribution in [-0.2, 0) is 43.0 Å². The van der Waals surface area contributed by atoms with Gasteiger partial charge in [-0.2, -0.15) is 0 Å². The molecule has 22 nitrogen and oxygen atoms in total. The number of nitrogens with two attached hydrogens (primary N) is 2. The van der Waals surface area contributed by atoms with Gasteiger partial charge in [0.1, 0.15) is 43.3 Å². The minimum absolute atomic E-state index is 0.0743. The number of aliphatic carboxylic acids is 2. The predicted molar refractivity (Wildman–Crippen MR) is 137 cm³/mol. The number of carbonyl (C=O) groups is 9. The predicted octanol–water partition coefficient (Wildman–Crippen LogP) is -5.89. The highest BCUT2D eigenvalue weighted by atomic mass is 16.6. The van der Waals surface area contributed by atoms with Gasteiger partial charge in [0.15, 0.2) is 5.66 Å². The molecule has 13 N–H and O–H groups in total. The largest absolute Gasteiger partial charge is 0.481 e.